The van der Waals surface area contributed by atoms with E-state index in [2.05, 4.69) is 4.98 Å². The topological polar surface area (TPSA) is 201 Å². The first kappa shape index (κ1) is 30.4. The van der Waals surface area contributed by atoms with Crippen molar-refractivity contribution in [3.05, 3.63) is 96.0 Å². The largest absolute Gasteiger partial charge is 0.473 e. The SMILES string of the molecule is CCC1(OP(=O)(O)OCC2OC(n3cc(C)c(=O)[nH]c3=O)CC2O)C(=O)OCc2c1cc1n(c2=O)Cc2cc3ccccc3nc2-1. The third kappa shape index (κ3) is 4.87. The minimum absolute atomic E-state index is 0.0749. The summed E-state index contributed by atoms with van der Waals surface area (Å²) >= 11 is 0. The highest BCUT2D eigenvalue weighted by Gasteiger charge is 2.53. The molecule has 46 heavy (non-hydrogen) atoms. The average molecular weight is 653 g/mol. The number of nitrogens with one attached hydrogen (secondary N) is 1. The summed E-state index contributed by atoms with van der Waals surface area (Å²) < 4.78 is 37.9. The number of aromatic nitrogens is 4. The van der Waals surface area contributed by atoms with Gasteiger partial charge in [0.1, 0.15) is 18.9 Å². The molecule has 0 aliphatic carbocycles. The normalized spacial score (nSPS) is 24.7. The predicted octanol–water partition coefficient (Wildman–Crippen LogP) is 1.73. The van der Waals surface area contributed by atoms with Gasteiger partial charge in [-0.25, -0.2) is 19.1 Å². The molecule has 5 unspecified atom stereocenters. The molecule has 6 heterocycles. The number of fused-ring (bicyclic) bond motifs is 5. The van der Waals surface area contributed by atoms with Crippen LogP contribution >= 0.6 is 7.82 Å². The number of aromatic amines is 1. The zero-order valence-corrected chi connectivity index (χ0v) is 25.6. The third-order valence-corrected chi connectivity index (χ3v) is 9.74. The van der Waals surface area contributed by atoms with Gasteiger partial charge in [0.05, 0.1) is 41.7 Å². The fourth-order valence-corrected chi connectivity index (χ4v) is 7.38. The van der Waals surface area contributed by atoms with Crippen molar-refractivity contribution in [1.82, 2.24) is 19.1 Å². The Morgan fingerprint density at radius 3 is 2.76 bits per heavy atom. The van der Waals surface area contributed by atoms with Crippen LogP contribution in [0.25, 0.3) is 22.3 Å². The average Bonchev–Trinajstić information content (AvgIpc) is 3.58. The van der Waals surface area contributed by atoms with Crippen molar-refractivity contribution >= 4 is 24.7 Å². The summed E-state index contributed by atoms with van der Waals surface area (Å²) in [5, 5.41) is 11.5. The van der Waals surface area contributed by atoms with Gasteiger partial charge < -0.3 is 24.0 Å². The molecule has 3 aromatic heterocycles. The van der Waals surface area contributed by atoms with E-state index < -0.39 is 61.2 Å². The number of hydrogen-bond donors (Lipinski definition) is 3. The monoisotopic (exact) mass is 652 g/mol. The molecule has 16 heteroatoms. The molecular formula is C30H29N4O11P. The Morgan fingerprint density at radius 1 is 1.20 bits per heavy atom. The smallest absolute Gasteiger partial charge is 0.458 e. The van der Waals surface area contributed by atoms with E-state index in [4.69, 9.17) is 23.5 Å². The van der Waals surface area contributed by atoms with Crippen LogP contribution in [-0.4, -0.2) is 53.9 Å². The minimum Gasteiger partial charge on any atom is -0.458 e. The molecule has 5 atom stereocenters. The van der Waals surface area contributed by atoms with E-state index in [1.54, 1.807) is 13.0 Å². The number of phosphoric acid groups is 1. The molecule has 3 aliphatic rings. The second-order valence-corrected chi connectivity index (χ2v) is 12.9. The van der Waals surface area contributed by atoms with Crippen LogP contribution in [0, 0.1) is 6.92 Å². The Morgan fingerprint density at radius 2 is 1.98 bits per heavy atom. The third-order valence-electron chi connectivity index (χ3n) is 8.72. The molecule has 1 aromatic carbocycles. The van der Waals surface area contributed by atoms with Crippen molar-refractivity contribution in [3.8, 4) is 11.4 Å². The number of rotatable bonds is 7. The standard InChI is InChI=1S/C30H29N4O11P/c1-3-30(45-46(40,41)43-14-23-22(35)10-24(44-23)34-11-15(2)26(36)32-29(34)39)19-9-21-25-17(8-16-6-4-5-7-20(16)31-25)12-33(21)27(37)18(19)13-42-28(30)38/h4-9,11,22-24,35H,3,10,12-14H2,1-2H3,(H,40,41)(H,32,36,39). The maximum atomic E-state index is 13.7. The summed E-state index contributed by atoms with van der Waals surface area (Å²) in [6, 6.07) is 11.0. The lowest BCUT2D eigenvalue weighted by Gasteiger charge is -2.36. The number of pyridine rings is 2. The van der Waals surface area contributed by atoms with E-state index in [1.165, 1.54) is 17.7 Å². The molecule has 0 saturated carbocycles. The van der Waals surface area contributed by atoms with Gasteiger partial charge in [-0.15, -0.1) is 0 Å². The molecule has 4 aromatic rings. The molecule has 15 nitrogen and oxygen atoms in total. The number of nitrogens with zero attached hydrogens (tertiary/aromatic N) is 3. The number of aryl methyl sites for hydroxylation is 1. The first-order valence-electron chi connectivity index (χ1n) is 14.6. The van der Waals surface area contributed by atoms with Gasteiger partial charge in [-0.2, -0.15) is 0 Å². The van der Waals surface area contributed by atoms with Crippen molar-refractivity contribution in [2.75, 3.05) is 6.61 Å². The lowest BCUT2D eigenvalue weighted by atomic mass is 9.86. The number of para-hydroxylation sites is 1. The molecule has 0 bridgehead atoms. The maximum Gasteiger partial charge on any atom is 0.473 e. The number of H-pyrrole nitrogens is 1. The lowest BCUT2D eigenvalue weighted by Crippen LogP contribution is -2.46. The van der Waals surface area contributed by atoms with Crippen LogP contribution in [0.2, 0.25) is 0 Å². The number of esters is 1. The molecular weight excluding hydrogens is 623 g/mol. The van der Waals surface area contributed by atoms with Crippen LogP contribution < -0.4 is 16.8 Å². The number of phosphoric ester groups is 1. The molecule has 1 saturated heterocycles. The Labute approximate surface area is 259 Å². The maximum absolute atomic E-state index is 13.7. The first-order chi connectivity index (χ1) is 21.9. The van der Waals surface area contributed by atoms with Gasteiger partial charge in [0.25, 0.3) is 11.1 Å². The predicted molar refractivity (Wildman–Crippen MR) is 160 cm³/mol. The van der Waals surface area contributed by atoms with Gasteiger partial charge in [-0.05, 0) is 31.5 Å². The minimum atomic E-state index is -5.10. The van der Waals surface area contributed by atoms with Crippen LogP contribution in [0.3, 0.4) is 0 Å². The second kappa shape index (κ2) is 10.9. The quantitative estimate of drug-likeness (QED) is 0.170. The molecule has 0 spiro atoms. The summed E-state index contributed by atoms with van der Waals surface area (Å²) in [5.41, 5.74) is -1.03. The number of carbonyl (C=O) groups excluding carboxylic acids is 1. The van der Waals surface area contributed by atoms with Gasteiger partial charge >= 0.3 is 19.5 Å². The fraction of sp³-hybridized carbons (Fsp3) is 0.367. The molecule has 3 N–H and O–H groups in total. The first-order valence-corrected chi connectivity index (χ1v) is 16.1. The summed E-state index contributed by atoms with van der Waals surface area (Å²) in [4.78, 5) is 68.9. The lowest BCUT2D eigenvalue weighted by molar-refractivity contribution is -0.171. The van der Waals surface area contributed by atoms with Crippen molar-refractivity contribution in [1.29, 1.82) is 0 Å². The van der Waals surface area contributed by atoms with E-state index >= 15 is 0 Å². The van der Waals surface area contributed by atoms with E-state index in [0.717, 1.165) is 15.5 Å². The Bertz CT molecular complexity index is 2160. The molecule has 3 aliphatic heterocycles. The molecule has 1 fully saturated rings. The van der Waals surface area contributed by atoms with E-state index in [9.17, 15) is 33.7 Å². The summed E-state index contributed by atoms with van der Waals surface area (Å²) in [6.45, 7) is 2.28. The van der Waals surface area contributed by atoms with Crippen molar-refractivity contribution in [3.63, 3.8) is 0 Å². The van der Waals surface area contributed by atoms with Crippen LogP contribution in [0.15, 0.2) is 57.0 Å². The van der Waals surface area contributed by atoms with Gasteiger partial charge in [-0.3, -0.25) is 28.2 Å². The number of hydrogen-bond acceptors (Lipinski definition) is 11. The molecule has 0 amide bonds. The highest BCUT2D eigenvalue weighted by atomic mass is 31.2. The van der Waals surface area contributed by atoms with E-state index in [-0.39, 0.29) is 42.7 Å². The van der Waals surface area contributed by atoms with Gasteiger partial charge in [0.15, 0.2) is 0 Å². The number of ether oxygens (including phenoxy) is 2. The van der Waals surface area contributed by atoms with Crippen molar-refractivity contribution in [2.24, 2.45) is 0 Å². The Hall–Kier alpha value is -4.24. The highest BCUT2D eigenvalue weighted by molar-refractivity contribution is 7.47. The second-order valence-electron chi connectivity index (χ2n) is 11.5. The number of carbonyl (C=O) groups is 1. The highest BCUT2D eigenvalue weighted by Crippen LogP contribution is 2.54. The number of aliphatic hydroxyl groups excluding tert-OH is 1. The fourth-order valence-electron chi connectivity index (χ4n) is 6.29. The van der Waals surface area contributed by atoms with Crippen LogP contribution in [-0.2, 0) is 46.6 Å². The Balaban J connectivity index is 1.17. The number of aliphatic hydroxyl groups is 1. The Kier molecular flexibility index (Phi) is 7.23. The zero-order valence-electron chi connectivity index (χ0n) is 24.7. The number of benzene rings is 1. The summed E-state index contributed by atoms with van der Waals surface area (Å²) in [5.74, 6) is -0.973. The van der Waals surface area contributed by atoms with Crippen molar-refractivity contribution < 1.29 is 37.9 Å². The van der Waals surface area contributed by atoms with Gasteiger partial charge in [-0.1, -0.05) is 25.1 Å². The summed E-state index contributed by atoms with van der Waals surface area (Å²) in [6.07, 6.45) is -2.34. The zero-order chi connectivity index (χ0) is 32.5. The van der Waals surface area contributed by atoms with Crippen LogP contribution in [0.5, 0.6) is 0 Å². The van der Waals surface area contributed by atoms with Crippen LogP contribution in [0.4, 0.5) is 0 Å². The molecule has 7 rings (SSSR count). The number of cyclic esters (lactones) is 1. The summed E-state index contributed by atoms with van der Waals surface area (Å²) in [7, 11) is -5.10. The molecule has 240 valence electrons. The van der Waals surface area contributed by atoms with E-state index in [1.807, 2.05) is 30.3 Å². The van der Waals surface area contributed by atoms with Gasteiger partial charge in [0, 0.05) is 34.7 Å². The van der Waals surface area contributed by atoms with E-state index in [0.29, 0.717) is 16.9 Å². The molecule has 0 radical (unpaired) electrons. The van der Waals surface area contributed by atoms with Crippen LogP contribution in [0.1, 0.15) is 48.2 Å². The van der Waals surface area contributed by atoms with Crippen molar-refractivity contribution in [2.45, 2.75) is 63.9 Å². The van der Waals surface area contributed by atoms with Gasteiger partial charge in [0.2, 0.25) is 5.60 Å².